The quantitative estimate of drug-likeness (QED) is 0.244. The average molecular weight is 156 g/mol. The van der Waals surface area contributed by atoms with Gasteiger partial charge in [-0.15, -0.1) is 5.10 Å². The SMILES string of the molecule is CN(C(N)=NN)C1CCCC1. The van der Waals surface area contributed by atoms with Gasteiger partial charge in [-0.2, -0.15) is 0 Å². The van der Waals surface area contributed by atoms with Gasteiger partial charge >= 0.3 is 0 Å². The van der Waals surface area contributed by atoms with E-state index in [1.54, 1.807) is 0 Å². The summed E-state index contributed by atoms with van der Waals surface area (Å²) in [6, 6.07) is 0.558. The fraction of sp³-hybridized carbons (Fsp3) is 0.857. The fourth-order valence-electron chi connectivity index (χ4n) is 1.57. The molecule has 0 spiro atoms. The van der Waals surface area contributed by atoms with Crippen LogP contribution >= 0.6 is 0 Å². The third-order valence-electron chi connectivity index (χ3n) is 2.37. The van der Waals surface area contributed by atoms with Gasteiger partial charge in [0.1, 0.15) is 0 Å². The van der Waals surface area contributed by atoms with Gasteiger partial charge in [0.2, 0.25) is 5.96 Å². The summed E-state index contributed by atoms with van der Waals surface area (Å²) in [4.78, 5) is 1.97. The maximum atomic E-state index is 5.55. The van der Waals surface area contributed by atoms with E-state index in [-0.39, 0.29) is 0 Å². The van der Waals surface area contributed by atoms with Gasteiger partial charge in [-0.1, -0.05) is 12.8 Å². The van der Waals surface area contributed by atoms with Crippen LogP contribution in [0.4, 0.5) is 0 Å². The Hall–Kier alpha value is -0.930. The zero-order valence-corrected chi connectivity index (χ0v) is 6.95. The first-order valence-electron chi connectivity index (χ1n) is 4.02. The molecule has 0 unspecified atom stereocenters. The van der Waals surface area contributed by atoms with Crippen LogP contribution in [-0.2, 0) is 0 Å². The Labute approximate surface area is 67.2 Å². The van der Waals surface area contributed by atoms with E-state index in [4.69, 9.17) is 11.6 Å². The summed E-state index contributed by atoms with van der Waals surface area (Å²) < 4.78 is 0. The number of rotatable bonds is 1. The minimum Gasteiger partial charge on any atom is -0.368 e. The van der Waals surface area contributed by atoms with Gasteiger partial charge in [-0.25, -0.2) is 0 Å². The molecule has 0 saturated heterocycles. The van der Waals surface area contributed by atoms with Crippen molar-refractivity contribution in [2.75, 3.05) is 7.05 Å². The number of nitrogens with two attached hydrogens (primary N) is 2. The third kappa shape index (κ3) is 1.76. The molecule has 0 bridgehead atoms. The van der Waals surface area contributed by atoms with Crippen LogP contribution in [0, 0.1) is 0 Å². The first kappa shape index (κ1) is 8.17. The van der Waals surface area contributed by atoms with Crippen LogP contribution in [0.25, 0.3) is 0 Å². The Balaban J connectivity index is 2.45. The molecule has 1 saturated carbocycles. The van der Waals surface area contributed by atoms with Crippen LogP contribution in [0.3, 0.4) is 0 Å². The zero-order valence-electron chi connectivity index (χ0n) is 6.95. The van der Waals surface area contributed by atoms with E-state index >= 15 is 0 Å². The first-order valence-corrected chi connectivity index (χ1v) is 4.02. The van der Waals surface area contributed by atoms with Crippen LogP contribution < -0.4 is 11.6 Å². The molecule has 0 aromatic heterocycles. The predicted molar refractivity (Wildman–Crippen MR) is 45.8 cm³/mol. The predicted octanol–water partition coefficient (Wildman–Crippen LogP) is 0.0492. The van der Waals surface area contributed by atoms with Crippen molar-refractivity contribution in [3.8, 4) is 0 Å². The van der Waals surface area contributed by atoms with Crippen LogP contribution in [0.2, 0.25) is 0 Å². The Morgan fingerprint density at radius 1 is 1.45 bits per heavy atom. The molecule has 0 heterocycles. The monoisotopic (exact) mass is 156 g/mol. The second-order valence-corrected chi connectivity index (χ2v) is 3.04. The van der Waals surface area contributed by atoms with Crippen LogP contribution in [0.15, 0.2) is 5.10 Å². The van der Waals surface area contributed by atoms with Gasteiger partial charge in [-0.05, 0) is 12.8 Å². The van der Waals surface area contributed by atoms with Crippen LogP contribution in [0.5, 0.6) is 0 Å². The second-order valence-electron chi connectivity index (χ2n) is 3.04. The molecule has 0 radical (unpaired) electrons. The number of hydrogen-bond donors (Lipinski definition) is 2. The molecule has 1 aliphatic carbocycles. The lowest BCUT2D eigenvalue weighted by Gasteiger charge is -2.24. The van der Waals surface area contributed by atoms with E-state index in [0.717, 1.165) is 0 Å². The maximum absolute atomic E-state index is 5.55. The summed E-state index contributed by atoms with van der Waals surface area (Å²) in [6.45, 7) is 0. The molecule has 0 aromatic rings. The van der Waals surface area contributed by atoms with Crippen LogP contribution in [-0.4, -0.2) is 23.9 Å². The minimum absolute atomic E-state index is 0.442. The van der Waals surface area contributed by atoms with E-state index < -0.39 is 0 Å². The number of hydrazone groups is 1. The van der Waals surface area contributed by atoms with Crippen molar-refractivity contribution in [2.45, 2.75) is 31.7 Å². The summed E-state index contributed by atoms with van der Waals surface area (Å²) in [6.07, 6.45) is 5.03. The highest BCUT2D eigenvalue weighted by atomic mass is 15.3. The van der Waals surface area contributed by atoms with Crippen molar-refractivity contribution < 1.29 is 0 Å². The molecule has 64 valence electrons. The second kappa shape index (κ2) is 3.46. The summed E-state index contributed by atoms with van der Waals surface area (Å²) in [5.74, 6) is 5.50. The van der Waals surface area contributed by atoms with E-state index in [1.807, 2.05) is 11.9 Å². The summed E-state index contributed by atoms with van der Waals surface area (Å²) in [5, 5.41) is 3.45. The van der Waals surface area contributed by atoms with Crippen molar-refractivity contribution in [3.63, 3.8) is 0 Å². The van der Waals surface area contributed by atoms with Gasteiger partial charge in [0.05, 0.1) is 0 Å². The summed E-state index contributed by atoms with van der Waals surface area (Å²) >= 11 is 0. The number of nitrogens with zero attached hydrogens (tertiary/aromatic N) is 2. The molecule has 11 heavy (non-hydrogen) atoms. The van der Waals surface area contributed by atoms with Crippen molar-refractivity contribution >= 4 is 5.96 Å². The van der Waals surface area contributed by atoms with Gasteiger partial charge in [0.15, 0.2) is 0 Å². The highest BCUT2D eigenvalue weighted by molar-refractivity contribution is 5.77. The number of guanidine groups is 1. The molecular weight excluding hydrogens is 140 g/mol. The lowest BCUT2D eigenvalue weighted by Crippen LogP contribution is -2.41. The largest absolute Gasteiger partial charge is 0.368 e. The zero-order chi connectivity index (χ0) is 8.27. The van der Waals surface area contributed by atoms with E-state index in [1.165, 1.54) is 25.7 Å². The minimum atomic E-state index is 0.442. The summed E-state index contributed by atoms with van der Waals surface area (Å²) in [7, 11) is 1.95. The van der Waals surface area contributed by atoms with Crippen molar-refractivity contribution in [1.29, 1.82) is 0 Å². The Kier molecular flexibility index (Phi) is 2.57. The van der Waals surface area contributed by atoms with Gasteiger partial charge < -0.3 is 16.5 Å². The van der Waals surface area contributed by atoms with E-state index in [2.05, 4.69) is 5.10 Å². The van der Waals surface area contributed by atoms with Gasteiger partial charge in [-0.3, -0.25) is 0 Å². The Morgan fingerprint density at radius 3 is 2.45 bits per heavy atom. The van der Waals surface area contributed by atoms with Crippen LogP contribution in [0.1, 0.15) is 25.7 Å². The molecule has 1 rings (SSSR count). The first-order chi connectivity index (χ1) is 5.25. The Bertz CT molecular complexity index is 149. The molecule has 0 aromatic carbocycles. The maximum Gasteiger partial charge on any atom is 0.213 e. The molecule has 4 N–H and O–H groups in total. The average Bonchev–Trinajstić information content (AvgIpc) is 2.53. The van der Waals surface area contributed by atoms with E-state index in [9.17, 15) is 0 Å². The third-order valence-corrected chi connectivity index (χ3v) is 2.37. The van der Waals surface area contributed by atoms with Crippen molar-refractivity contribution in [1.82, 2.24) is 4.90 Å². The lowest BCUT2D eigenvalue weighted by atomic mass is 10.2. The molecule has 1 aliphatic rings. The molecule has 0 atom stereocenters. The molecular formula is C7H16N4. The van der Waals surface area contributed by atoms with Gasteiger partial charge in [0, 0.05) is 13.1 Å². The molecule has 0 amide bonds. The highest BCUT2D eigenvalue weighted by Crippen LogP contribution is 2.21. The molecule has 0 aliphatic heterocycles. The lowest BCUT2D eigenvalue weighted by molar-refractivity contribution is 0.367. The molecule has 4 nitrogen and oxygen atoms in total. The normalized spacial score (nSPS) is 20.6. The standard InChI is InChI=1S/C7H16N4/c1-11(7(8)10-9)6-4-2-3-5-6/h6H,2-5,9H2,1H3,(H2,8,10). The fourth-order valence-corrected chi connectivity index (χ4v) is 1.57. The Morgan fingerprint density at radius 2 is 2.00 bits per heavy atom. The van der Waals surface area contributed by atoms with Gasteiger partial charge in [0.25, 0.3) is 0 Å². The van der Waals surface area contributed by atoms with E-state index in [0.29, 0.717) is 12.0 Å². The van der Waals surface area contributed by atoms with Crippen molar-refractivity contribution in [2.24, 2.45) is 16.7 Å². The summed E-state index contributed by atoms with van der Waals surface area (Å²) in [5.41, 5.74) is 5.55. The van der Waals surface area contributed by atoms with Crippen molar-refractivity contribution in [3.05, 3.63) is 0 Å². The topological polar surface area (TPSA) is 67.6 Å². The number of hydrogen-bond acceptors (Lipinski definition) is 2. The molecule has 4 heteroatoms. The molecule has 1 fully saturated rings. The smallest absolute Gasteiger partial charge is 0.213 e. The highest BCUT2D eigenvalue weighted by Gasteiger charge is 2.20.